The summed E-state index contributed by atoms with van der Waals surface area (Å²) in [7, 11) is 0. The van der Waals surface area contributed by atoms with E-state index in [-0.39, 0.29) is 153 Å². The Bertz CT molecular complexity index is 874. The van der Waals surface area contributed by atoms with Gasteiger partial charge in [-0.05, 0) is 31.3 Å². The quantitative estimate of drug-likeness (QED) is 0.0456. The molecule has 1 atom stereocenters. The van der Waals surface area contributed by atoms with E-state index >= 15 is 0 Å². The molecule has 1 unspecified atom stereocenters. The van der Waals surface area contributed by atoms with Crippen molar-refractivity contribution in [1.29, 1.82) is 0 Å². The second-order valence-corrected chi connectivity index (χ2v) is 12.4. The van der Waals surface area contributed by atoms with E-state index in [0.717, 1.165) is 57.8 Å². The van der Waals surface area contributed by atoms with Gasteiger partial charge in [-0.2, -0.15) is 25.3 Å². The molecule has 3 amide bonds. The van der Waals surface area contributed by atoms with Gasteiger partial charge in [0.05, 0.1) is 46.2 Å². The number of carboxylic acids is 2. The van der Waals surface area contributed by atoms with Crippen molar-refractivity contribution >= 4 is 54.9 Å². The van der Waals surface area contributed by atoms with Crippen molar-refractivity contribution in [3.05, 3.63) is 0 Å². The van der Waals surface area contributed by atoms with Gasteiger partial charge in [-0.25, -0.2) is 9.18 Å². The van der Waals surface area contributed by atoms with E-state index in [1.165, 1.54) is 5.75 Å². The summed E-state index contributed by atoms with van der Waals surface area (Å²) in [6, 6.07) is -1.14. The molecule has 19 heteroatoms. The summed E-state index contributed by atoms with van der Waals surface area (Å²) in [5.41, 5.74) is 0. The molecule has 0 aromatic heterocycles. The third kappa shape index (κ3) is 64.8. The van der Waals surface area contributed by atoms with Crippen molar-refractivity contribution in [2.45, 2.75) is 131 Å². The van der Waals surface area contributed by atoms with Crippen LogP contribution >= 0.6 is 25.3 Å². The summed E-state index contributed by atoms with van der Waals surface area (Å²) in [6.07, 6.45) is 12.2. The van der Waals surface area contributed by atoms with Gasteiger partial charge in [0.1, 0.15) is 19.3 Å². The van der Waals surface area contributed by atoms with Gasteiger partial charge >= 0.3 is 63.3 Å². The van der Waals surface area contributed by atoms with Crippen LogP contribution in [0.2, 0.25) is 0 Å². The van der Waals surface area contributed by atoms with Crippen LogP contribution in [0.4, 0.5) is 4.39 Å². The van der Waals surface area contributed by atoms with Crippen LogP contribution in [-0.4, -0.2) is 136 Å². The Labute approximate surface area is 397 Å². The van der Waals surface area contributed by atoms with Gasteiger partial charge < -0.3 is 50.6 Å². The minimum Gasteiger partial charge on any atom is -0.870 e. The molecule has 0 saturated carbocycles. The molecule has 0 radical (unpaired) electrons. The number of aliphatic carboxylic acids is 2. The molecule has 0 spiro atoms. The SMILES string of the molecule is CC.CC.CCSC.O=C(O)CCCCCCCCCCCCC(=O)NC(CCC(=O)NCCOCCOCC(=O)NCCOCCOCCF)C(=O)O.S.[K+].[OH-]. The smallest absolute Gasteiger partial charge is 0.870 e. The first kappa shape index (κ1) is 70.9. The molecular formula is C38H79FKN3O12S2. The zero-order valence-corrected chi connectivity index (χ0v) is 41.2. The zero-order chi connectivity index (χ0) is 41.5. The number of nitrogens with one attached hydrogen (secondary N) is 3. The maximum atomic E-state index is 12.2. The molecule has 0 rings (SSSR count). The van der Waals surface area contributed by atoms with Gasteiger partial charge in [0.2, 0.25) is 17.7 Å². The first-order chi connectivity index (χ1) is 26.2. The third-order valence-corrected chi connectivity index (χ3v) is 7.54. The van der Waals surface area contributed by atoms with Crippen molar-refractivity contribution in [3.8, 4) is 0 Å². The van der Waals surface area contributed by atoms with Crippen LogP contribution in [0.25, 0.3) is 0 Å². The number of carbonyl (C=O) groups is 5. The Balaban J connectivity index is -0.000000418. The molecular weight excluding hydrogens is 813 g/mol. The molecule has 0 fully saturated rings. The second kappa shape index (κ2) is 62.1. The van der Waals surface area contributed by atoms with Gasteiger partial charge in [0, 0.05) is 32.4 Å². The van der Waals surface area contributed by atoms with Gasteiger partial charge in [-0.15, -0.1) is 0 Å². The van der Waals surface area contributed by atoms with Gasteiger partial charge in [-0.3, -0.25) is 19.2 Å². The van der Waals surface area contributed by atoms with Crippen molar-refractivity contribution < 1.29 is 114 Å². The molecule has 15 nitrogen and oxygen atoms in total. The number of hydrogen-bond acceptors (Lipinski definition) is 11. The summed E-state index contributed by atoms with van der Waals surface area (Å²) in [4.78, 5) is 57.9. The molecule has 338 valence electrons. The van der Waals surface area contributed by atoms with Crippen LogP contribution in [0.3, 0.4) is 0 Å². The van der Waals surface area contributed by atoms with Crippen LogP contribution in [0, 0.1) is 0 Å². The predicted octanol–water partition coefficient (Wildman–Crippen LogP) is 2.73. The first-order valence-electron chi connectivity index (χ1n) is 19.8. The van der Waals surface area contributed by atoms with E-state index in [1.54, 1.807) is 0 Å². The summed E-state index contributed by atoms with van der Waals surface area (Å²) in [5, 5.41) is 25.8. The summed E-state index contributed by atoms with van der Waals surface area (Å²) >= 11 is 1.86. The Morgan fingerprint density at radius 2 is 1.02 bits per heavy atom. The number of alkyl halides is 1. The molecule has 0 aromatic rings. The molecule has 0 aliphatic rings. The van der Waals surface area contributed by atoms with Crippen molar-refractivity contribution in [3.63, 3.8) is 0 Å². The molecule has 0 heterocycles. The predicted molar refractivity (Wildman–Crippen MR) is 226 cm³/mol. The summed E-state index contributed by atoms with van der Waals surface area (Å²) in [5.74, 6) is -1.70. The van der Waals surface area contributed by atoms with E-state index in [0.29, 0.717) is 32.8 Å². The van der Waals surface area contributed by atoms with E-state index in [4.69, 9.17) is 24.1 Å². The zero-order valence-electron chi connectivity index (χ0n) is 36.3. The van der Waals surface area contributed by atoms with Gasteiger partial charge in [0.25, 0.3) is 0 Å². The van der Waals surface area contributed by atoms with Gasteiger partial charge in [-0.1, -0.05) is 86.0 Å². The number of unbranched alkanes of at least 4 members (excludes halogenated alkanes) is 9. The van der Waals surface area contributed by atoms with Crippen LogP contribution in [-0.2, 0) is 42.9 Å². The standard InChI is InChI=1S/C31H56FN3O11.C3H8S.2C2H6.K.H2O.H2S/c32-15-18-43-21-22-44-20-17-34-29(38)25-46-24-23-45-19-16-33-27(36)14-13-26(31(41)42)35-28(37)11-9-7-5-3-1-2-4-6-8-10-12-30(39)40;1-3-4-2;2*1-2;;;/h26H,1-25H2,(H,33,36)(H,34,38)(H,35,37)(H,39,40)(H,41,42);3H2,1-2H3;2*1-2H3;;2*1H2/q;;;;+1;;/p-1. The number of amides is 3. The number of carbonyl (C=O) groups excluding carboxylic acids is 3. The number of rotatable bonds is 35. The number of ether oxygens (including phenoxy) is 4. The normalized spacial score (nSPS) is 10.1. The monoisotopic (exact) mass is 891 g/mol. The van der Waals surface area contributed by atoms with E-state index in [2.05, 4.69) is 29.1 Å². The average Bonchev–Trinajstić information content (AvgIpc) is 3.17. The molecule has 0 saturated heterocycles. The van der Waals surface area contributed by atoms with E-state index in [9.17, 15) is 33.5 Å². The van der Waals surface area contributed by atoms with Crippen molar-refractivity contribution in [2.75, 3.05) is 84.6 Å². The Kier molecular flexibility index (Phi) is 77.3. The minimum absolute atomic E-state index is 0. The van der Waals surface area contributed by atoms with Crippen molar-refractivity contribution in [2.24, 2.45) is 0 Å². The molecule has 57 heavy (non-hydrogen) atoms. The fourth-order valence-electron chi connectivity index (χ4n) is 4.20. The Morgan fingerprint density at radius 3 is 1.44 bits per heavy atom. The average molecular weight is 892 g/mol. The first-order valence-corrected chi connectivity index (χ1v) is 21.2. The summed E-state index contributed by atoms with van der Waals surface area (Å²) in [6.45, 7) is 11.6. The minimum atomic E-state index is -1.19. The van der Waals surface area contributed by atoms with Crippen molar-refractivity contribution in [1.82, 2.24) is 16.0 Å². The fraction of sp³-hybridized carbons (Fsp3) is 0.868. The number of thioether (sulfide) groups is 1. The Hall–Kier alpha value is -0.584. The molecule has 6 N–H and O–H groups in total. The fourth-order valence-corrected chi connectivity index (χ4v) is 4.20. The van der Waals surface area contributed by atoms with Crippen LogP contribution in [0.5, 0.6) is 0 Å². The second-order valence-electron chi connectivity index (χ2n) is 11.3. The van der Waals surface area contributed by atoms with Crippen LogP contribution in [0.1, 0.15) is 125 Å². The molecule has 0 bridgehead atoms. The number of halogens is 1. The molecule has 0 aliphatic heterocycles. The topological polar surface area (TPSA) is 229 Å². The number of hydrogen-bond donors (Lipinski definition) is 5. The van der Waals surface area contributed by atoms with E-state index in [1.807, 2.05) is 39.5 Å². The number of carboxylic acid groups (broad SMARTS) is 2. The molecule has 0 aromatic carbocycles. The van der Waals surface area contributed by atoms with E-state index < -0.39 is 24.7 Å². The maximum absolute atomic E-state index is 12.2. The van der Waals surface area contributed by atoms with Crippen LogP contribution < -0.4 is 67.3 Å². The molecule has 0 aliphatic carbocycles. The third-order valence-electron chi connectivity index (χ3n) is 6.96. The van der Waals surface area contributed by atoms with Gasteiger partial charge in [0.15, 0.2) is 0 Å². The largest absolute Gasteiger partial charge is 1.00 e. The summed E-state index contributed by atoms with van der Waals surface area (Å²) < 4.78 is 32.5. The maximum Gasteiger partial charge on any atom is 1.00 e. The van der Waals surface area contributed by atoms with Crippen LogP contribution in [0.15, 0.2) is 0 Å². The Morgan fingerprint density at radius 1 is 0.614 bits per heavy atom.